The molecule has 0 radical (unpaired) electrons. The Bertz CT molecular complexity index is 400. The van der Waals surface area contributed by atoms with E-state index in [0.717, 1.165) is 6.54 Å². The predicted molar refractivity (Wildman–Crippen MR) is 74.4 cm³/mol. The van der Waals surface area contributed by atoms with E-state index >= 15 is 0 Å². The maximum Gasteiger partial charge on any atom is 0.0213 e. The molecule has 1 aromatic rings. The average molecular weight is 231 g/mol. The first kappa shape index (κ1) is 12.6. The van der Waals surface area contributed by atoms with Crippen LogP contribution in [0.2, 0.25) is 0 Å². The van der Waals surface area contributed by atoms with Gasteiger partial charge in [0.2, 0.25) is 0 Å². The highest BCUT2D eigenvalue weighted by Crippen LogP contribution is 2.29. The van der Waals surface area contributed by atoms with Crippen molar-refractivity contribution in [3.05, 3.63) is 34.4 Å². The molecule has 1 N–H and O–H groups in total. The summed E-state index contributed by atoms with van der Waals surface area (Å²) in [7, 11) is 0. The van der Waals surface area contributed by atoms with Gasteiger partial charge in [-0.25, -0.2) is 0 Å². The Labute approximate surface area is 106 Å². The van der Waals surface area contributed by atoms with E-state index in [2.05, 4.69) is 45.1 Å². The molecule has 1 nitrogen and oxygen atoms in total. The molecule has 0 amide bonds. The standard InChI is InChI=1S/C16H25N/c1-12-9-14(3)15(10-13(12)2)11-17-16(4)7-5-6-8-16/h9-10,17H,5-8,11H2,1-4H3. The minimum atomic E-state index is 0.380. The van der Waals surface area contributed by atoms with E-state index in [9.17, 15) is 0 Å². The third-order valence-corrected chi connectivity index (χ3v) is 4.36. The van der Waals surface area contributed by atoms with Crippen LogP contribution in [0.5, 0.6) is 0 Å². The molecular formula is C16H25N. The summed E-state index contributed by atoms with van der Waals surface area (Å²) in [4.78, 5) is 0. The van der Waals surface area contributed by atoms with Crippen molar-refractivity contribution in [3.8, 4) is 0 Å². The lowest BCUT2D eigenvalue weighted by Crippen LogP contribution is -2.38. The zero-order valence-corrected chi connectivity index (χ0v) is 11.7. The predicted octanol–water partition coefficient (Wildman–Crippen LogP) is 4.03. The fourth-order valence-electron chi connectivity index (χ4n) is 2.85. The molecule has 1 aliphatic carbocycles. The molecule has 0 aliphatic heterocycles. The Morgan fingerprint density at radius 1 is 1.00 bits per heavy atom. The summed E-state index contributed by atoms with van der Waals surface area (Å²) in [5.74, 6) is 0. The Hall–Kier alpha value is -0.820. The molecule has 17 heavy (non-hydrogen) atoms. The molecule has 0 unspecified atom stereocenters. The van der Waals surface area contributed by atoms with Gasteiger partial charge < -0.3 is 5.32 Å². The minimum absolute atomic E-state index is 0.380. The summed E-state index contributed by atoms with van der Waals surface area (Å²) in [5, 5.41) is 3.76. The van der Waals surface area contributed by atoms with Crippen LogP contribution >= 0.6 is 0 Å². The molecule has 1 fully saturated rings. The van der Waals surface area contributed by atoms with Crippen molar-refractivity contribution in [2.45, 2.75) is 65.5 Å². The first-order valence-electron chi connectivity index (χ1n) is 6.82. The molecule has 0 bridgehead atoms. The van der Waals surface area contributed by atoms with Crippen molar-refractivity contribution < 1.29 is 0 Å². The molecule has 0 saturated heterocycles. The highest BCUT2D eigenvalue weighted by atomic mass is 15.0. The number of nitrogens with one attached hydrogen (secondary N) is 1. The Morgan fingerprint density at radius 3 is 2.24 bits per heavy atom. The van der Waals surface area contributed by atoms with E-state index in [1.807, 2.05) is 0 Å². The number of hydrogen-bond donors (Lipinski definition) is 1. The zero-order valence-electron chi connectivity index (χ0n) is 11.7. The van der Waals surface area contributed by atoms with Crippen LogP contribution in [-0.2, 0) is 6.54 Å². The van der Waals surface area contributed by atoms with E-state index in [0.29, 0.717) is 5.54 Å². The van der Waals surface area contributed by atoms with E-state index in [1.54, 1.807) is 0 Å². The molecule has 1 saturated carbocycles. The van der Waals surface area contributed by atoms with Crippen molar-refractivity contribution in [3.63, 3.8) is 0 Å². The van der Waals surface area contributed by atoms with E-state index in [4.69, 9.17) is 0 Å². The summed E-state index contributed by atoms with van der Waals surface area (Å²) in [6.07, 6.45) is 5.43. The summed E-state index contributed by atoms with van der Waals surface area (Å²) < 4.78 is 0. The normalized spacial score (nSPS) is 18.6. The highest BCUT2D eigenvalue weighted by molar-refractivity contribution is 5.36. The molecule has 1 aromatic carbocycles. The smallest absolute Gasteiger partial charge is 0.0213 e. The van der Waals surface area contributed by atoms with Crippen LogP contribution in [0.3, 0.4) is 0 Å². The monoisotopic (exact) mass is 231 g/mol. The van der Waals surface area contributed by atoms with E-state index < -0.39 is 0 Å². The van der Waals surface area contributed by atoms with Crippen LogP contribution in [0, 0.1) is 20.8 Å². The van der Waals surface area contributed by atoms with Crippen LogP contribution in [0.4, 0.5) is 0 Å². The maximum atomic E-state index is 3.76. The third kappa shape index (κ3) is 2.90. The Balaban J connectivity index is 2.06. The molecular weight excluding hydrogens is 206 g/mol. The zero-order chi connectivity index (χ0) is 12.5. The van der Waals surface area contributed by atoms with Gasteiger partial charge in [-0.2, -0.15) is 0 Å². The number of hydrogen-bond acceptors (Lipinski definition) is 1. The quantitative estimate of drug-likeness (QED) is 0.828. The number of aryl methyl sites for hydroxylation is 3. The highest BCUT2D eigenvalue weighted by Gasteiger charge is 2.27. The molecule has 1 aliphatic rings. The topological polar surface area (TPSA) is 12.0 Å². The molecule has 2 rings (SSSR count). The van der Waals surface area contributed by atoms with Gasteiger partial charge >= 0.3 is 0 Å². The summed E-state index contributed by atoms with van der Waals surface area (Å²) >= 11 is 0. The molecule has 0 heterocycles. The first-order chi connectivity index (χ1) is 8.00. The molecule has 0 aromatic heterocycles. The van der Waals surface area contributed by atoms with Gasteiger partial charge in [-0.05, 0) is 62.8 Å². The van der Waals surface area contributed by atoms with Crippen LogP contribution in [-0.4, -0.2) is 5.54 Å². The van der Waals surface area contributed by atoms with Gasteiger partial charge in [0.1, 0.15) is 0 Å². The number of rotatable bonds is 3. The fraction of sp³-hybridized carbons (Fsp3) is 0.625. The Kier molecular flexibility index (Phi) is 3.58. The van der Waals surface area contributed by atoms with Gasteiger partial charge in [0.15, 0.2) is 0 Å². The fourth-order valence-corrected chi connectivity index (χ4v) is 2.85. The van der Waals surface area contributed by atoms with Crippen LogP contribution in [0.25, 0.3) is 0 Å². The van der Waals surface area contributed by atoms with Crippen molar-refractivity contribution in [2.24, 2.45) is 0 Å². The first-order valence-corrected chi connectivity index (χ1v) is 6.82. The van der Waals surface area contributed by atoms with Crippen molar-refractivity contribution >= 4 is 0 Å². The SMILES string of the molecule is Cc1cc(C)c(CNC2(C)CCCC2)cc1C. The van der Waals surface area contributed by atoms with Gasteiger partial charge in [0, 0.05) is 12.1 Å². The van der Waals surface area contributed by atoms with Gasteiger partial charge in [-0.15, -0.1) is 0 Å². The van der Waals surface area contributed by atoms with E-state index in [1.165, 1.54) is 47.9 Å². The summed E-state index contributed by atoms with van der Waals surface area (Å²) in [6.45, 7) is 10.0. The van der Waals surface area contributed by atoms with Gasteiger partial charge in [-0.3, -0.25) is 0 Å². The van der Waals surface area contributed by atoms with Gasteiger partial charge in [0.05, 0.1) is 0 Å². The van der Waals surface area contributed by atoms with Crippen molar-refractivity contribution in [1.29, 1.82) is 0 Å². The largest absolute Gasteiger partial charge is 0.307 e. The molecule has 94 valence electrons. The lowest BCUT2D eigenvalue weighted by molar-refractivity contribution is 0.362. The Morgan fingerprint density at radius 2 is 1.59 bits per heavy atom. The average Bonchev–Trinajstić information content (AvgIpc) is 2.69. The van der Waals surface area contributed by atoms with Gasteiger partial charge in [-0.1, -0.05) is 25.0 Å². The lowest BCUT2D eigenvalue weighted by Gasteiger charge is -2.26. The molecule has 0 atom stereocenters. The summed E-state index contributed by atoms with van der Waals surface area (Å²) in [5.41, 5.74) is 6.07. The van der Waals surface area contributed by atoms with Crippen LogP contribution < -0.4 is 5.32 Å². The van der Waals surface area contributed by atoms with Crippen molar-refractivity contribution in [2.75, 3.05) is 0 Å². The molecule has 0 spiro atoms. The second kappa shape index (κ2) is 4.81. The second-order valence-corrected chi connectivity index (χ2v) is 5.98. The lowest BCUT2D eigenvalue weighted by atomic mass is 9.97. The minimum Gasteiger partial charge on any atom is -0.307 e. The van der Waals surface area contributed by atoms with Crippen molar-refractivity contribution in [1.82, 2.24) is 5.32 Å². The van der Waals surface area contributed by atoms with E-state index in [-0.39, 0.29) is 0 Å². The van der Waals surface area contributed by atoms with Crippen LogP contribution in [0.15, 0.2) is 12.1 Å². The second-order valence-electron chi connectivity index (χ2n) is 5.98. The third-order valence-electron chi connectivity index (χ3n) is 4.36. The van der Waals surface area contributed by atoms with Crippen LogP contribution in [0.1, 0.15) is 54.9 Å². The molecule has 1 heteroatoms. The maximum absolute atomic E-state index is 3.76. The van der Waals surface area contributed by atoms with Gasteiger partial charge in [0.25, 0.3) is 0 Å². The number of benzene rings is 1. The summed E-state index contributed by atoms with van der Waals surface area (Å²) in [6, 6.07) is 4.65.